The molecular formula is C13H24O2Si. The van der Waals surface area contributed by atoms with Crippen molar-refractivity contribution in [3.63, 3.8) is 0 Å². The minimum atomic E-state index is -1.83. The van der Waals surface area contributed by atoms with Gasteiger partial charge in [0, 0.05) is 12.8 Å². The Morgan fingerprint density at radius 2 is 1.88 bits per heavy atom. The molecule has 0 spiro atoms. The van der Waals surface area contributed by atoms with Crippen molar-refractivity contribution in [1.29, 1.82) is 0 Å². The molecule has 0 aromatic carbocycles. The van der Waals surface area contributed by atoms with Crippen LogP contribution in [0.5, 0.6) is 0 Å². The van der Waals surface area contributed by atoms with E-state index in [4.69, 9.17) is 4.43 Å². The predicted molar refractivity (Wildman–Crippen MR) is 70.1 cm³/mol. The van der Waals surface area contributed by atoms with E-state index >= 15 is 0 Å². The standard InChI is InChI=1S/C13H24O2Si/c1-10-7-8-11(14)12(9-10)15-16(5,6)13(2,3)4/h12H,1,7-9H2,2-6H3. The summed E-state index contributed by atoms with van der Waals surface area (Å²) in [5.41, 5.74) is 1.16. The molecule has 0 N–H and O–H groups in total. The summed E-state index contributed by atoms with van der Waals surface area (Å²) in [6.07, 6.45) is 1.96. The minimum absolute atomic E-state index is 0.159. The summed E-state index contributed by atoms with van der Waals surface area (Å²) in [5.74, 6) is 0.261. The molecule has 1 rings (SSSR count). The van der Waals surface area contributed by atoms with Crippen LogP contribution in [0.25, 0.3) is 0 Å². The van der Waals surface area contributed by atoms with Gasteiger partial charge in [-0.2, -0.15) is 0 Å². The molecule has 0 aliphatic heterocycles. The van der Waals surface area contributed by atoms with E-state index < -0.39 is 8.32 Å². The fraction of sp³-hybridized carbons (Fsp3) is 0.769. The summed E-state index contributed by atoms with van der Waals surface area (Å²) in [5, 5.41) is 0.159. The molecule has 1 atom stereocenters. The maximum atomic E-state index is 11.8. The number of hydrogen-bond donors (Lipinski definition) is 0. The Morgan fingerprint density at radius 1 is 1.31 bits per heavy atom. The van der Waals surface area contributed by atoms with Crippen molar-refractivity contribution in [1.82, 2.24) is 0 Å². The molecule has 1 fully saturated rings. The lowest BCUT2D eigenvalue weighted by atomic mass is 9.93. The molecule has 0 radical (unpaired) electrons. The molecule has 0 amide bonds. The third-order valence-corrected chi connectivity index (χ3v) is 8.29. The lowest BCUT2D eigenvalue weighted by molar-refractivity contribution is -0.127. The number of carbonyl (C=O) groups is 1. The van der Waals surface area contributed by atoms with E-state index in [0.717, 1.165) is 18.4 Å². The summed E-state index contributed by atoms with van der Waals surface area (Å²) in [4.78, 5) is 11.8. The van der Waals surface area contributed by atoms with Crippen LogP contribution in [0.4, 0.5) is 0 Å². The Hall–Kier alpha value is -0.413. The van der Waals surface area contributed by atoms with Crippen molar-refractivity contribution < 1.29 is 9.22 Å². The molecule has 0 saturated heterocycles. The second-order valence-corrected chi connectivity index (χ2v) is 11.0. The monoisotopic (exact) mass is 240 g/mol. The molecule has 1 saturated carbocycles. The Morgan fingerprint density at radius 3 is 2.38 bits per heavy atom. The quantitative estimate of drug-likeness (QED) is 0.543. The van der Waals surface area contributed by atoms with Crippen molar-refractivity contribution >= 4 is 14.1 Å². The van der Waals surface area contributed by atoms with Gasteiger partial charge in [0.1, 0.15) is 6.10 Å². The van der Waals surface area contributed by atoms with Crippen LogP contribution in [0.2, 0.25) is 18.1 Å². The van der Waals surface area contributed by atoms with E-state index in [1.165, 1.54) is 0 Å². The van der Waals surface area contributed by atoms with Crippen LogP contribution in [0, 0.1) is 0 Å². The first-order valence-electron chi connectivity index (χ1n) is 6.01. The zero-order valence-corrected chi connectivity index (χ0v) is 12.2. The van der Waals surface area contributed by atoms with Crippen LogP contribution in [-0.4, -0.2) is 20.2 Å². The molecule has 1 aliphatic carbocycles. The largest absolute Gasteiger partial charge is 0.407 e. The van der Waals surface area contributed by atoms with Crippen molar-refractivity contribution in [2.75, 3.05) is 0 Å². The molecular weight excluding hydrogens is 216 g/mol. The van der Waals surface area contributed by atoms with E-state index in [0.29, 0.717) is 6.42 Å². The van der Waals surface area contributed by atoms with Crippen LogP contribution >= 0.6 is 0 Å². The normalized spacial score (nSPS) is 23.7. The Bertz CT molecular complexity index is 300. The number of carbonyl (C=O) groups excluding carboxylic acids is 1. The van der Waals surface area contributed by atoms with Crippen molar-refractivity contribution in [2.24, 2.45) is 0 Å². The summed E-state index contributed by atoms with van der Waals surface area (Å²) in [6, 6.07) is 0. The minimum Gasteiger partial charge on any atom is -0.407 e. The van der Waals surface area contributed by atoms with Gasteiger partial charge in [-0.3, -0.25) is 4.79 Å². The predicted octanol–water partition coefficient (Wildman–Crippen LogP) is 3.69. The maximum absolute atomic E-state index is 11.8. The average molecular weight is 240 g/mol. The van der Waals surface area contributed by atoms with Gasteiger partial charge in [-0.05, 0) is 24.6 Å². The van der Waals surface area contributed by atoms with Gasteiger partial charge in [-0.1, -0.05) is 32.9 Å². The van der Waals surface area contributed by atoms with E-state index in [1.54, 1.807) is 0 Å². The zero-order valence-electron chi connectivity index (χ0n) is 11.2. The van der Waals surface area contributed by atoms with Crippen molar-refractivity contribution in [2.45, 2.75) is 64.3 Å². The Labute approximate surface area is 100 Å². The smallest absolute Gasteiger partial charge is 0.193 e. The molecule has 0 aromatic rings. The Kier molecular flexibility index (Phi) is 3.80. The van der Waals surface area contributed by atoms with Crippen LogP contribution in [-0.2, 0) is 9.22 Å². The van der Waals surface area contributed by atoms with Gasteiger partial charge >= 0.3 is 0 Å². The molecule has 0 aromatic heterocycles. The summed E-state index contributed by atoms with van der Waals surface area (Å²) < 4.78 is 6.15. The number of rotatable bonds is 2. The molecule has 0 heterocycles. The third kappa shape index (κ3) is 3.05. The van der Waals surface area contributed by atoms with E-state index in [2.05, 4.69) is 40.4 Å². The molecule has 0 bridgehead atoms. The van der Waals surface area contributed by atoms with Gasteiger partial charge in [-0.15, -0.1) is 0 Å². The highest BCUT2D eigenvalue weighted by atomic mass is 28.4. The van der Waals surface area contributed by atoms with E-state index in [9.17, 15) is 4.79 Å². The highest BCUT2D eigenvalue weighted by Crippen LogP contribution is 2.38. The van der Waals surface area contributed by atoms with Gasteiger partial charge < -0.3 is 4.43 Å². The fourth-order valence-electron chi connectivity index (χ4n) is 1.58. The van der Waals surface area contributed by atoms with E-state index in [1.807, 2.05) is 0 Å². The lowest BCUT2D eigenvalue weighted by Gasteiger charge is -2.40. The van der Waals surface area contributed by atoms with Crippen LogP contribution in [0.1, 0.15) is 40.0 Å². The summed E-state index contributed by atoms with van der Waals surface area (Å²) in [6.45, 7) is 14.9. The first-order chi connectivity index (χ1) is 7.13. The van der Waals surface area contributed by atoms with Gasteiger partial charge in [0.05, 0.1) is 0 Å². The van der Waals surface area contributed by atoms with Gasteiger partial charge in [-0.25, -0.2) is 0 Å². The van der Waals surface area contributed by atoms with Crippen LogP contribution in [0.3, 0.4) is 0 Å². The molecule has 1 unspecified atom stereocenters. The lowest BCUT2D eigenvalue weighted by Crippen LogP contribution is -2.46. The summed E-state index contributed by atoms with van der Waals surface area (Å²) in [7, 11) is -1.83. The average Bonchev–Trinajstić information content (AvgIpc) is 2.09. The molecule has 92 valence electrons. The highest BCUT2D eigenvalue weighted by molar-refractivity contribution is 6.74. The number of ketones is 1. The third-order valence-electron chi connectivity index (χ3n) is 3.80. The van der Waals surface area contributed by atoms with Crippen LogP contribution < -0.4 is 0 Å². The first-order valence-corrected chi connectivity index (χ1v) is 8.91. The van der Waals surface area contributed by atoms with Crippen LogP contribution in [0.15, 0.2) is 12.2 Å². The number of hydrogen-bond acceptors (Lipinski definition) is 2. The second-order valence-electron chi connectivity index (χ2n) is 6.29. The fourth-order valence-corrected chi connectivity index (χ4v) is 2.86. The Balaban J connectivity index is 2.72. The van der Waals surface area contributed by atoms with Gasteiger partial charge in [0.25, 0.3) is 0 Å². The molecule has 1 aliphatic rings. The topological polar surface area (TPSA) is 26.3 Å². The van der Waals surface area contributed by atoms with E-state index in [-0.39, 0.29) is 16.9 Å². The zero-order chi connectivity index (χ0) is 12.6. The van der Waals surface area contributed by atoms with Crippen molar-refractivity contribution in [3.8, 4) is 0 Å². The SMILES string of the molecule is C=C1CCC(=O)C(O[Si](C)(C)C(C)(C)C)C1. The first kappa shape index (κ1) is 13.7. The molecule has 16 heavy (non-hydrogen) atoms. The van der Waals surface area contributed by atoms with Gasteiger partial charge in [0.15, 0.2) is 14.1 Å². The maximum Gasteiger partial charge on any atom is 0.193 e. The highest BCUT2D eigenvalue weighted by Gasteiger charge is 2.41. The molecule has 3 heteroatoms. The van der Waals surface area contributed by atoms with Gasteiger partial charge in [0.2, 0.25) is 0 Å². The van der Waals surface area contributed by atoms with Crippen molar-refractivity contribution in [3.05, 3.63) is 12.2 Å². The number of Topliss-reactive ketones (excluding diaryl/α,β-unsaturated/α-hetero) is 1. The molecule has 2 nitrogen and oxygen atoms in total. The summed E-state index contributed by atoms with van der Waals surface area (Å²) >= 11 is 0. The second kappa shape index (κ2) is 4.45.